The molecule has 0 saturated heterocycles. The van der Waals surface area contributed by atoms with Gasteiger partial charge in [-0.05, 0) is 82.0 Å². The molecule has 3 N–H and O–H groups in total. The number of hydrogen-bond acceptors (Lipinski definition) is 8. The molecular weight excluding hydrogens is 560 g/mol. The largest absolute Gasteiger partial charge is 0.487 e. The standard InChI is InChI=1S/C30H38N4O5S2/c1-7-21-17-33(41(37,38)26-12-10-9-11-24(26)39-21)16-20-15-25(40-19(20)4)27(30(5,6)29(35)36)22-13-14-23-28(18(22)3)31-32-34(23)8-2/h9-15,21,27,37-38H,7-8,16-17H2,1-6H3,(H,35,36)/t21-,27-/m1/s1. The quantitative estimate of drug-likeness (QED) is 0.197. The molecule has 2 aromatic carbocycles. The maximum absolute atomic E-state index is 12.6. The van der Waals surface area contributed by atoms with Crippen LogP contribution < -0.4 is 4.74 Å². The number of carbonyl (C=O) groups is 1. The van der Waals surface area contributed by atoms with E-state index in [1.54, 1.807) is 47.7 Å². The highest BCUT2D eigenvalue weighted by molar-refractivity contribution is 8.22. The van der Waals surface area contributed by atoms with Crippen LogP contribution in [0.15, 0.2) is 47.4 Å². The topological polar surface area (TPSA) is 121 Å². The summed E-state index contributed by atoms with van der Waals surface area (Å²) in [5.41, 5.74) is 3.30. The van der Waals surface area contributed by atoms with Gasteiger partial charge in [0.15, 0.2) is 0 Å². The molecule has 5 rings (SSSR count). The maximum atomic E-state index is 12.6. The number of thiophene rings is 1. The normalized spacial score (nSPS) is 18.9. The second-order valence-corrected chi connectivity index (χ2v) is 14.5. The first-order chi connectivity index (χ1) is 19.4. The molecule has 0 saturated carbocycles. The highest BCUT2D eigenvalue weighted by Crippen LogP contribution is 2.58. The van der Waals surface area contributed by atoms with Crippen LogP contribution in [0.3, 0.4) is 0 Å². The highest BCUT2D eigenvalue weighted by Gasteiger charge is 2.42. The monoisotopic (exact) mass is 598 g/mol. The van der Waals surface area contributed by atoms with E-state index in [0.29, 0.717) is 36.7 Å². The lowest BCUT2D eigenvalue weighted by Crippen LogP contribution is -2.34. The van der Waals surface area contributed by atoms with Gasteiger partial charge in [0.2, 0.25) is 0 Å². The number of carboxylic acids is 1. The van der Waals surface area contributed by atoms with E-state index in [4.69, 9.17) is 4.74 Å². The third kappa shape index (κ3) is 5.14. The lowest BCUT2D eigenvalue weighted by Gasteiger charge is -2.41. The van der Waals surface area contributed by atoms with Crippen molar-refractivity contribution in [1.82, 2.24) is 19.3 Å². The molecule has 2 atom stereocenters. The molecule has 41 heavy (non-hydrogen) atoms. The molecule has 0 unspecified atom stereocenters. The number of fused-ring (bicyclic) bond motifs is 2. The fourth-order valence-electron chi connectivity index (χ4n) is 5.61. The average Bonchev–Trinajstić information content (AvgIpc) is 3.49. The molecule has 3 heterocycles. The van der Waals surface area contributed by atoms with Gasteiger partial charge in [-0.3, -0.25) is 13.9 Å². The van der Waals surface area contributed by atoms with E-state index in [2.05, 4.69) is 10.3 Å². The van der Waals surface area contributed by atoms with E-state index in [-0.39, 0.29) is 6.10 Å². The molecule has 0 aliphatic carbocycles. The van der Waals surface area contributed by atoms with Crippen LogP contribution in [0.2, 0.25) is 0 Å². The lowest BCUT2D eigenvalue weighted by molar-refractivity contribution is -0.147. The Morgan fingerprint density at radius 2 is 1.93 bits per heavy atom. The maximum Gasteiger partial charge on any atom is 0.310 e. The van der Waals surface area contributed by atoms with E-state index < -0.39 is 28.1 Å². The van der Waals surface area contributed by atoms with Gasteiger partial charge in [0.05, 0.1) is 17.5 Å². The Bertz CT molecular complexity index is 1590. The number of nitrogens with zero attached hydrogens (tertiary/aromatic N) is 4. The zero-order valence-corrected chi connectivity index (χ0v) is 25.9. The second kappa shape index (κ2) is 11.0. The van der Waals surface area contributed by atoms with Crippen LogP contribution in [0.1, 0.15) is 66.5 Å². The molecule has 0 radical (unpaired) electrons. The summed E-state index contributed by atoms with van der Waals surface area (Å²) in [7, 11) is -3.31. The number of aliphatic carboxylic acids is 1. The minimum Gasteiger partial charge on any atom is -0.487 e. The Hall–Kier alpha value is -2.96. The van der Waals surface area contributed by atoms with Crippen molar-refractivity contribution in [3.05, 3.63) is 68.9 Å². The minimum atomic E-state index is -3.31. The molecule has 0 bridgehead atoms. The summed E-state index contributed by atoms with van der Waals surface area (Å²) in [5.74, 6) is -0.850. The molecule has 1 aliphatic rings. The van der Waals surface area contributed by atoms with E-state index in [1.165, 1.54) is 0 Å². The first-order valence-corrected chi connectivity index (χ1v) is 16.2. The average molecular weight is 599 g/mol. The molecule has 220 valence electrons. The first kappa shape index (κ1) is 29.5. The summed E-state index contributed by atoms with van der Waals surface area (Å²) in [6, 6.07) is 13.1. The van der Waals surface area contributed by atoms with Gasteiger partial charge in [0.25, 0.3) is 0 Å². The summed E-state index contributed by atoms with van der Waals surface area (Å²) in [6.07, 6.45) is 0.515. The van der Waals surface area contributed by atoms with Gasteiger partial charge in [-0.2, -0.15) is 4.31 Å². The molecule has 9 nitrogen and oxygen atoms in total. The lowest BCUT2D eigenvalue weighted by atomic mass is 9.72. The summed E-state index contributed by atoms with van der Waals surface area (Å²) < 4.78 is 32.7. The van der Waals surface area contributed by atoms with Gasteiger partial charge in [-0.25, -0.2) is 4.68 Å². The van der Waals surface area contributed by atoms with Gasteiger partial charge in [-0.1, -0.05) is 30.3 Å². The number of rotatable bonds is 8. The first-order valence-electron chi connectivity index (χ1n) is 13.8. The Kier molecular flexibility index (Phi) is 7.95. The molecule has 4 aromatic rings. The Labute approximate surface area is 246 Å². The molecular formula is C30H38N4O5S2. The van der Waals surface area contributed by atoms with Crippen LogP contribution in [0.25, 0.3) is 11.0 Å². The van der Waals surface area contributed by atoms with E-state index in [0.717, 1.165) is 37.5 Å². The number of aromatic nitrogens is 3. The molecule has 2 aromatic heterocycles. The zero-order chi connectivity index (χ0) is 29.7. The van der Waals surface area contributed by atoms with Gasteiger partial charge in [-0.15, -0.1) is 27.2 Å². The Morgan fingerprint density at radius 1 is 1.20 bits per heavy atom. The molecule has 1 aliphatic heterocycles. The number of hydrogen-bond donors (Lipinski definition) is 3. The SMILES string of the molecule is CC[C@@H]1CN(Cc2cc([C@@H](c3ccc4c(nnn4CC)c3C)C(C)(C)C(=O)O)sc2C)S(O)(O)c2ccccc2O1. The fraction of sp³-hybridized carbons (Fsp3) is 0.433. The van der Waals surface area contributed by atoms with Crippen molar-refractivity contribution in [3.8, 4) is 5.75 Å². The second-order valence-electron chi connectivity index (χ2n) is 11.2. The van der Waals surface area contributed by atoms with E-state index in [9.17, 15) is 19.0 Å². The molecule has 0 amide bonds. The number of aryl methyl sites for hydroxylation is 3. The summed E-state index contributed by atoms with van der Waals surface area (Å²) in [6.45, 7) is 12.9. The van der Waals surface area contributed by atoms with Crippen molar-refractivity contribution in [2.75, 3.05) is 6.54 Å². The predicted molar refractivity (Wildman–Crippen MR) is 163 cm³/mol. The van der Waals surface area contributed by atoms with Gasteiger partial charge < -0.3 is 9.84 Å². The van der Waals surface area contributed by atoms with Gasteiger partial charge >= 0.3 is 5.97 Å². The number of benzene rings is 2. The molecule has 11 heteroatoms. The van der Waals surface area contributed by atoms with E-state index >= 15 is 0 Å². The third-order valence-corrected chi connectivity index (χ3v) is 11.3. The summed E-state index contributed by atoms with van der Waals surface area (Å²) >= 11 is 1.55. The molecule has 0 fully saturated rings. The fourth-order valence-corrected chi connectivity index (χ4v) is 8.58. The summed E-state index contributed by atoms with van der Waals surface area (Å²) in [5, 5.41) is 19.0. The van der Waals surface area contributed by atoms with Crippen LogP contribution in [0.4, 0.5) is 0 Å². The van der Waals surface area contributed by atoms with Crippen molar-refractivity contribution in [3.63, 3.8) is 0 Å². The van der Waals surface area contributed by atoms with Crippen LogP contribution in [-0.4, -0.2) is 52.1 Å². The van der Waals surface area contributed by atoms with Crippen molar-refractivity contribution in [2.45, 2.75) is 78.0 Å². The van der Waals surface area contributed by atoms with Crippen molar-refractivity contribution >= 4 is 39.1 Å². The number of para-hydroxylation sites is 1. The summed E-state index contributed by atoms with van der Waals surface area (Å²) in [4.78, 5) is 14.9. The van der Waals surface area contributed by atoms with E-state index in [1.807, 2.05) is 56.6 Å². The predicted octanol–water partition coefficient (Wildman–Crippen LogP) is 7.07. The van der Waals surface area contributed by atoms with Gasteiger partial charge in [0, 0.05) is 28.8 Å². The van der Waals surface area contributed by atoms with Crippen molar-refractivity contribution in [1.29, 1.82) is 0 Å². The van der Waals surface area contributed by atoms with Gasteiger partial charge in [0.1, 0.15) is 22.3 Å². The minimum absolute atomic E-state index is 0.201. The number of carboxylic acid groups (broad SMARTS) is 1. The third-order valence-electron chi connectivity index (χ3n) is 8.20. The smallest absolute Gasteiger partial charge is 0.310 e. The Balaban J connectivity index is 1.58. The zero-order valence-electron chi connectivity index (χ0n) is 24.3. The highest BCUT2D eigenvalue weighted by atomic mass is 32.3. The molecule has 0 spiro atoms. The Morgan fingerprint density at radius 3 is 2.61 bits per heavy atom. The van der Waals surface area contributed by atoms with Crippen LogP contribution in [-0.2, 0) is 17.9 Å². The van der Waals surface area contributed by atoms with Crippen LogP contribution in [0, 0.1) is 19.3 Å². The van der Waals surface area contributed by atoms with Crippen LogP contribution in [0.5, 0.6) is 5.75 Å². The van der Waals surface area contributed by atoms with Crippen LogP contribution >= 0.6 is 22.1 Å². The number of ether oxygens (including phenoxy) is 1. The van der Waals surface area contributed by atoms with Crippen molar-refractivity contribution in [2.24, 2.45) is 5.41 Å². The van der Waals surface area contributed by atoms with Crippen molar-refractivity contribution < 1.29 is 23.7 Å².